The standard InChI is InChI=1S/C3H7I2N/c1-3(4,5)6-2/h6H,1-2H3. The van der Waals surface area contributed by atoms with Crippen molar-refractivity contribution in [3.05, 3.63) is 0 Å². The van der Waals surface area contributed by atoms with E-state index < -0.39 is 0 Å². The molecule has 0 rings (SSSR count). The van der Waals surface area contributed by atoms with Crippen molar-refractivity contribution < 1.29 is 0 Å². The number of rotatable bonds is 1. The van der Waals surface area contributed by atoms with Gasteiger partial charge in [-0.15, -0.1) is 0 Å². The van der Waals surface area contributed by atoms with Crippen LogP contribution in [0.4, 0.5) is 0 Å². The Kier molecular flexibility index (Phi) is 3.29. The van der Waals surface area contributed by atoms with Gasteiger partial charge in [0.25, 0.3) is 0 Å². The maximum atomic E-state index is 3.08. The molecule has 6 heavy (non-hydrogen) atoms. The van der Waals surface area contributed by atoms with Crippen molar-refractivity contribution >= 4 is 45.2 Å². The first-order chi connectivity index (χ1) is 2.56. The van der Waals surface area contributed by atoms with Crippen molar-refractivity contribution in [1.82, 2.24) is 5.32 Å². The molecule has 0 saturated carbocycles. The number of halogens is 2. The molecule has 1 nitrogen and oxygen atoms in total. The fourth-order valence-electron chi connectivity index (χ4n) is 0. The molecule has 3 heteroatoms. The molecule has 0 saturated heterocycles. The predicted molar refractivity (Wildman–Crippen MR) is 45.5 cm³/mol. The molecule has 38 valence electrons. The van der Waals surface area contributed by atoms with Crippen LogP contribution in [0, 0.1) is 0 Å². The minimum Gasteiger partial charge on any atom is -0.298 e. The summed E-state index contributed by atoms with van der Waals surface area (Å²) in [6, 6.07) is 0. The van der Waals surface area contributed by atoms with E-state index in [4.69, 9.17) is 0 Å². The van der Waals surface area contributed by atoms with E-state index in [-0.39, 0.29) is 1.55 Å². The molecule has 0 unspecified atom stereocenters. The van der Waals surface area contributed by atoms with Crippen LogP contribution in [0.2, 0.25) is 0 Å². The molecule has 0 aromatic heterocycles. The lowest BCUT2D eigenvalue weighted by atomic mass is 10.8. The lowest BCUT2D eigenvalue weighted by Gasteiger charge is -2.10. The Labute approximate surface area is 65.5 Å². The summed E-state index contributed by atoms with van der Waals surface area (Å²) in [6.07, 6.45) is 0. The second-order valence-corrected chi connectivity index (χ2v) is 7.52. The molecule has 0 aliphatic carbocycles. The van der Waals surface area contributed by atoms with Gasteiger partial charge >= 0.3 is 0 Å². The summed E-state index contributed by atoms with van der Waals surface area (Å²) < 4.78 is 0.232. The Morgan fingerprint density at radius 1 is 1.50 bits per heavy atom. The minimum absolute atomic E-state index is 0.232. The van der Waals surface area contributed by atoms with Gasteiger partial charge in [0.1, 0.15) is 1.55 Å². The van der Waals surface area contributed by atoms with Crippen LogP contribution < -0.4 is 5.32 Å². The Morgan fingerprint density at radius 3 is 1.67 bits per heavy atom. The molecular weight excluding hydrogens is 304 g/mol. The van der Waals surface area contributed by atoms with Crippen LogP contribution in [0.5, 0.6) is 0 Å². The Bertz CT molecular complexity index is 38.5. The summed E-state index contributed by atoms with van der Waals surface area (Å²) in [6.45, 7) is 2.11. The molecule has 0 aromatic carbocycles. The topological polar surface area (TPSA) is 12.0 Å². The van der Waals surface area contributed by atoms with Crippen LogP contribution in [0.25, 0.3) is 0 Å². The average Bonchev–Trinajstić information content (AvgIpc) is 1.35. The van der Waals surface area contributed by atoms with E-state index in [1.807, 2.05) is 7.05 Å². The Hall–Kier alpha value is 1.42. The zero-order chi connectivity index (χ0) is 5.21. The average molecular weight is 311 g/mol. The molecule has 0 fully saturated rings. The minimum atomic E-state index is 0.232. The fourth-order valence-corrected chi connectivity index (χ4v) is 0. The van der Waals surface area contributed by atoms with Gasteiger partial charge in [-0.25, -0.2) is 0 Å². The molecular formula is C3H7I2N. The third-order valence-electron chi connectivity index (χ3n) is 0.439. The molecule has 0 aliphatic rings. The van der Waals surface area contributed by atoms with E-state index in [2.05, 4.69) is 57.4 Å². The summed E-state index contributed by atoms with van der Waals surface area (Å²) in [5, 5.41) is 3.08. The van der Waals surface area contributed by atoms with Gasteiger partial charge in [0.15, 0.2) is 0 Å². The van der Waals surface area contributed by atoms with Crippen LogP contribution in [0.1, 0.15) is 6.92 Å². The number of nitrogens with one attached hydrogen (secondary N) is 1. The molecule has 0 bridgehead atoms. The molecule has 0 radical (unpaired) electrons. The van der Waals surface area contributed by atoms with Gasteiger partial charge < -0.3 is 0 Å². The maximum Gasteiger partial charge on any atom is 0.119 e. The first-order valence-electron chi connectivity index (χ1n) is 1.63. The highest BCUT2D eigenvalue weighted by Crippen LogP contribution is 2.20. The monoisotopic (exact) mass is 311 g/mol. The lowest BCUT2D eigenvalue weighted by molar-refractivity contribution is 0.811. The number of hydrogen-bond donors (Lipinski definition) is 1. The van der Waals surface area contributed by atoms with Crippen molar-refractivity contribution in [2.75, 3.05) is 7.05 Å². The lowest BCUT2D eigenvalue weighted by Crippen LogP contribution is -2.23. The van der Waals surface area contributed by atoms with E-state index in [0.29, 0.717) is 0 Å². The molecule has 0 aliphatic heterocycles. The highest BCUT2D eigenvalue weighted by atomic mass is 127. The summed E-state index contributed by atoms with van der Waals surface area (Å²) in [4.78, 5) is 0. The molecule has 1 N–H and O–H groups in total. The molecule has 0 atom stereocenters. The highest BCUT2D eigenvalue weighted by molar-refractivity contribution is 14.2. The summed E-state index contributed by atoms with van der Waals surface area (Å²) in [5.41, 5.74) is 0. The third kappa shape index (κ3) is 5.42. The second-order valence-electron chi connectivity index (χ2n) is 1.14. The predicted octanol–water partition coefficient (Wildman–Crippen LogP) is 1.75. The molecule has 0 amide bonds. The van der Waals surface area contributed by atoms with Gasteiger partial charge in [0, 0.05) is 0 Å². The number of alkyl halides is 2. The van der Waals surface area contributed by atoms with Gasteiger partial charge in [-0.05, 0) is 59.2 Å². The van der Waals surface area contributed by atoms with Crippen LogP contribution >= 0.6 is 45.2 Å². The summed E-state index contributed by atoms with van der Waals surface area (Å²) in [7, 11) is 1.94. The van der Waals surface area contributed by atoms with Gasteiger partial charge in [-0.2, -0.15) is 0 Å². The third-order valence-corrected chi connectivity index (χ3v) is 1.52. The van der Waals surface area contributed by atoms with E-state index in [9.17, 15) is 0 Å². The smallest absolute Gasteiger partial charge is 0.119 e. The number of hydrogen-bond acceptors (Lipinski definition) is 1. The first kappa shape index (κ1) is 7.42. The van der Waals surface area contributed by atoms with Crippen LogP contribution in [0.3, 0.4) is 0 Å². The van der Waals surface area contributed by atoms with Crippen molar-refractivity contribution in [2.24, 2.45) is 0 Å². The summed E-state index contributed by atoms with van der Waals surface area (Å²) >= 11 is 4.63. The SMILES string of the molecule is CNC(C)(I)I. The van der Waals surface area contributed by atoms with Gasteiger partial charge in [-0.3, -0.25) is 5.32 Å². The van der Waals surface area contributed by atoms with E-state index >= 15 is 0 Å². The van der Waals surface area contributed by atoms with Gasteiger partial charge in [0.05, 0.1) is 0 Å². The van der Waals surface area contributed by atoms with Gasteiger partial charge in [-0.1, -0.05) is 0 Å². The van der Waals surface area contributed by atoms with Crippen molar-refractivity contribution in [3.63, 3.8) is 0 Å². The van der Waals surface area contributed by atoms with E-state index in [1.54, 1.807) is 0 Å². The summed E-state index contributed by atoms with van der Waals surface area (Å²) in [5.74, 6) is 0. The quantitative estimate of drug-likeness (QED) is 0.442. The van der Waals surface area contributed by atoms with Crippen molar-refractivity contribution in [1.29, 1.82) is 0 Å². The van der Waals surface area contributed by atoms with E-state index in [1.165, 1.54) is 0 Å². The second kappa shape index (κ2) is 2.66. The van der Waals surface area contributed by atoms with E-state index in [0.717, 1.165) is 0 Å². The van der Waals surface area contributed by atoms with Gasteiger partial charge in [0.2, 0.25) is 0 Å². The maximum absolute atomic E-state index is 3.08. The molecule has 0 heterocycles. The highest BCUT2D eigenvalue weighted by Gasteiger charge is 2.07. The molecule has 0 aromatic rings. The largest absolute Gasteiger partial charge is 0.298 e. The van der Waals surface area contributed by atoms with Crippen molar-refractivity contribution in [2.45, 2.75) is 8.48 Å². The zero-order valence-corrected chi connectivity index (χ0v) is 8.07. The Morgan fingerprint density at radius 2 is 1.67 bits per heavy atom. The first-order valence-corrected chi connectivity index (χ1v) is 3.79. The zero-order valence-electron chi connectivity index (χ0n) is 3.76. The van der Waals surface area contributed by atoms with Crippen LogP contribution in [-0.4, -0.2) is 8.60 Å². The molecule has 0 spiro atoms. The normalized spacial score (nSPS) is 12.0. The van der Waals surface area contributed by atoms with Crippen LogP contribution in [0.15, 0.2) is 0 Å². The van der Waals surface area contributed by atoms with Crippen LogP contribution in [-0.2, 0) is 0 Å². The Balaban J connectivity index is 3.17. The van der Waals surface area contributed by atoms with Crippen molar-refractivity contribution in [3.8, 4) is 0 Å². The fraction of sp³-hybridized carbons (Fsp3) is 1.00.